The van der Waals surface area contributed by atoms with Crippen LogP contribution >= 0.6 is 0 Å². The Kier molecular flexibility index (Phi) is 9.88. The van der Waals surface area contributed by atoms with Crippen LogP contribution in [-0.4, -0.2) is 49.0 Å². The van der Waals surface area contributed by atoms with Gasteiger partial charge in [0.1, 0.15) is 11.4 Å². The molecule has 0 radical (unpaired) electrons. The molecule has 0 heterocycles. The molecule has 0 saturated carbocycles. The molecular formula is C21H23F9O7. The lowest BCUT2D eigenvalue weighted by atomic mass is 9.89. The Morgan fingerprint density at radius 1 is 0.811 bits per heavy atom. The maximum atomic E-state index is 13.6. The van der Waals surface area contributed by atoms with Crippen molar-refractivity contribution in [3.05, 3.63) is 29.8 Å². The fourth-order valence-electron chi connectivity index (χ4n) is 2.47. The Morgan fingerprint density at radius 3 is 1.76 bits per heavy atom. The van der Waals surface area contributed by atoms with E-state index in [0.29, 0.717) is 5.56 Å². The molecule has 0 fully saturated rings. The number of esters is 1. The average Bonchev–Trinajstić information content (AvgIpc) is 2.67. The summed E-state index contributed by atoms with van der Waals surface area (Å²) in [4.78, 5) is 23.8. The quantitative estimate of drug-likeness (QED) is 0.182. The highest BCUT2D eigenvalue weighted by Gasteiger charge is 2.68. The normalized spacial score (nSPS) is 15.1. The molecule has 1 aromatic rings. The number of rotatable bonds is 10. The molecule has 0 aliphatic rings. The summed E-state index contributed by atoms with van der Waals surface area (Å²) in [5.41, 5.74) is -0.393. The van der Waals surface area contributed by atoms with Gasteiger partial charge in [0, 0.05) is 0 Å². The van der Waals surface area contributed by atoms with Gasteiger partial charge in [0.15, 0.2) is 6.61 Å². The molecule has 7 nitrogen and oxygen atoms in total. The fourth-order valence-corrected chi connectivity index (χ4v) is 2.47. The molecule has 0 bridgehead atoms. The molecule has 0 aromatic heterocycles. The van der Waals surface area contributed by atoms with E-state index in [2.05, 4.69) is 9.47 Å². The number of benzene rings is 1. The van der Waals surface area contributed by atoms with Gasteiger partial charge in [0.2, 0.25) is 0 Å². The number of hydrogen-bond acceptors (Lipinski definition) is 7. The topological polar surface area (TPSA) is 80.3 Å². The second-order valence-electron chi connectivity index (χ2n) is 8.64. The van der Waals surface area contributed by atoms with E-state index in [1.54, 1.807) is 20.8 Å². The first kappa shape index (κ1) is 32.3. The smallest absolute Gasteiger partial charge is 0.456 e. The zero-order valence-electron chi connectivity index (χ0n) is 19.9. The Labute approximate surface area is 204 Å². The van der Waals surface area contributed by atoms with Gasteiger partial charge in [-0.25, -0.2) is 14.3 Å². The summed E-state index contributed by atoms with van der Waals surface area (Å²) >= 11 is 0. The second-order valence-corrected chi connectivity index (χ2v) is 8.64. The molecule has 0 aliphatic carbocycles. The molecule has 16 heteroatoms. The summed E-state index contributed by atoms with van der Waals surface area (Å²) < 4.78 is 133. The van der Waals surface area contributed by atoms with Gasteiger partial charge in [0.05, 0.1) is 5.92 Å². The van der Waals surface area contributed by atoms with Crippen molar-refractivity contribution in [2.75, 3.05) is 6.61 Å². The van der Waals surface area contributed by atoms with E-state index >= 15 is 0 Å². The van der Waals surface area contributed by atoms with Crippen molar-refractivity contribution in [1.82, 2.24) is 0 Å². The van der Waals surface area contributed by atoms with Crippen molar-refractivity contribution >= 4 is 12.1 Å². The highest BCUT2D eigenvalue weighted by atomic mass is 19.4. The molecule has 0 aliphatic heterocycles. The Morgan fingerprint density at radius 2 is 1.30 bits per heavy atom. The maximum Gasteiger partial charge on any atom is 0.527 e. The summed E-state index contributed by atoms with van der Waals surface area (Å²) in [5, 5.41) is 0. The molecule has 2 atom stereocenters. The molecular weight excluding hydrogens is 535 g/mol. The first-order valence-electron chi connectivity index (χ1n) is 10.2. The number of carbonyl (C=O) groups excluding carboxylic acids is 2. The first-order chi connectivity index (χ1) is 16.4. The molecule has 1 aromatic carbocycles. The lowest BCUT2D eigenvalue weighted by molar-refractivity contribution is -0.530. The van der Waals surface area contributed by atoms with Crippen LogP contribution in [0.1, 0.15) is 46.1 Å². The molecule has 212 valence electrons. The van der Waals surface area contributed by atoms with Crippen LogP contribution in [0.2, 0.25) is 0 Å². The van der Waals surface area contributed by atoms with E-state index in [0.717, 1.165) is 0 Å². The number of halogens is 9. The predicted molar refractivity (Wildman–Crippen MR) is 105 cm³/mol. The molecule has 0 saturated heterocycles. The van der Waals surface area contributed by atoms with Crippen molar-refractivity contribution in [2.45, 2.75) is 70.8 Å². The number of carbonyl (C=O) groups is 2. The molecule has 0 spiro atoms. The second kappa shape index (κ2) is 11.3. The first-order valence-corrected chi connectivity index (χ1v) is 10.2. The minimum atomic E-state index is -6.51. The van der Waals surface area contributed by atoms with E-state index in [1.807, 2.05) is 4.74 Å². The van der Waals surface area contributed by atoms with Gasteiger partial charge in [-0.3, -0.25) is 4.79 Å². The summed E-state index contributed by atoms with van der Waals surface area (Å²) in [5.74, 6) is -3.27. The van der Waals surface area contributed by atoms with Crippen LogP contribution in [0.5, 0.6) is 5.75 Å². The van der Waals surface area contributed by atoms with Gasteiger partial charge >= 0.3 is 36.8 Å². The lowest BCUT2D eigenvalue weighted by Gasteiger charge is -2.29. The zero-order valence-corrected chi connectivity index (χ0v) is 19.9. The van der Waals surface area contributed by atoms with Crippen molar-refractivity contribution < 1.29 is 72.8 Å². The van der Waals surface area contributed by atoms with Gasteiger partial charge in [-0.15, -0.1) is 13.2 Å². The summed E-state index contributed by atoms with van der Waals surface area (Å²) in [7, 11) is 0. The number of hydrogen-bond donors (Lipinski definition) is 0. The van der Waals surface area contributed by atoms with E-state index in [4.69, 9.17) is 9.47 Å². The highest BCUT2D eigenvalue weighted by Crippen LogP contribution is 2.43. The van der Waals surface area contributed by atoms with Crippen LogP contribution in [0.15, 0.2) is 24.3 Å². The molecule has 2 unspecified atom stereocenters. The van der Waals surface area contributed by atoms with Crippen molar-refractivity contribution in [1.29, 1.82) is 0 Å². The zero-order chi connectivity index (χ0) is 29.0. The van der Waals surface area contributed by atoms with Crippen molar-refractivity contribution in [2.24, 2.45) is 5.92 Å². The minimum absolute atomic E-state index is 0.0736. The van der Waals surface area contributed by atoms with Crippen LogP contribution in [0.3, 0.4) is 0 Å². The van der Waals surface area contributed by atoms with E-state index in [1.165, 1.54) is 38.1 Å². The number of ether oxygens (including phenoxy) is 5. The largest absolute Gasteiger partial charge is 0.527 e. The predicted octanol–water partition coefficient (Wildman–Crippen LogP) is 6.61. The minimum Gasteiger partial charge on any atom is -0.456 e. The van der Waals surface area contributed by atoms with Crippen LogP contribution in [-0.2, 0) is 23.7 Å². The van der Waals surface area contributed by atoms with E-state index in [-0.39, 0.29) is 5.75 Å². The molecule has 1 rings (SSSR count). The van der Waals surface area contributed by atoms with Crippen molar-refractivity contribution in [3.63, 3.8) is 0 Å². The summed E-state index contributed by atoms with van der Waals surface area (Å²) in [6.07, 6.45) is -25.6. The summed E-state index contributed by atoms with van der Waals surface area (Å²) in [6, 6.07) is 5.49. The standard InChI is InChI=1S/C21H23F9O7/c1-11(13-6-8-14(9-7-13)34-16(32)35-17(3,4)5)12(2)15(31)33-10-18(22,23)36-19(24,25)20(26,27)37-21(28,29)30/h6-9,11-12H,10H2,1-5H3. The van der Waals surface area contributed by atoms with Gasteiger partial charge in [-0.1, -0.05) is 26.0 Å². The van der Waals surface area contributed by atoms with Crippen LogP contribution in [0.4, 0.5) is 44.3 Å². The number of alkyl halides is 9. The Bertz CT molecular complexity index is 926. The van der Waals surface area contributed by atoms with Crippen LogP contribution in [0.25, 0.3) is 0 Å². The highest BCUT2D eigenvalue weighted by molar-refractivity contribution is 5.73. The van der Waals surface area contributed by atoms with Gasteiger partial charge in [-0.2, -0.15) is 26.3 Å². The Hall–Kier alpha value is -2.75. The monoisotopic (exact) mass is 558 g/mol. The summed E-state index contributed by atoms with van der Waals surface area (Å²) in [6.45, 7) is 5.19. The Balaban J connectivity index is 2.75. The molecule has 0 amide bonds. The van der Waals surface area contributed by atoms with Crippen LogP contribution in [0, 0.1) is 5.92 Å². The third kappa shape index (κ3) is 10.6. The third-order valence-corrected chi connectivity index (χ3v) is 4.36. The third-order valence-electron chi connectivity index (χ3n) is 4.36. The van der Waals surface area contributed by atoms with Gasteiger partial charge in [-0.05, 0) is 44.4 Å². The molecule has 0 N–H and O–H groups in total. The molecule has 37 heavy (non-hydrogen) atoms. The van der Waals surface area contributed by atoms with Gasteiger partial charge in [0.25, 0.3) is 0 Å². The van der Waals surface area contributed by atoms with E-state index < -0.39 is 60.9 Å². The van der Waals surface area contributed by atoms with Gasteiger partial charge < -0.3 is 14.2 Å². The fraction of sp³-hybridized carbons (Fsp3) is 0.619. The van der Waals surface area contributed by atoms with Crippen LogP contribution < -0.4 is 4.74 Å². The SMILES string of the molecule is CC(C(=O)OCC(F)(F)OC(F)(F)C(F)(F)OC(F)(F)F)C(C)c1ccc(OC(=O)OC(C)(C)C)cc1. The van der Waals surface area contributed by atoms with Crippen molar-refractivity contribution in [3.8, 4) is 5.75 Å². The maximum absolute atomic E-state index is 13.6. The average molecular weight is 558 g/mol. The lowest BCUT2D eigenvalue weighted by Crippen LogP contribution is -2.52. The van der Waals surface area contributed by atoms with E-state index in [9.17, 15) is 49.1 Å².